The topological polar surface area (TPSA) is 8.17 Å². The van der Waals surface area contributed by atoms with E-state index in [9.17, 15) is 0 Å². The van der Waals surface area contributed by atoms with Crippen molar-refractivity contribution in [3.63, 3.8) is 0 Å². The Bertz CT molecular complexity index is 2810. The van der Waals surface area contributed by atoms with Crippen LogP contribution in [0.1, 0.15) is 0 Å². The van der Waals surface area contributed by atoms with E-state index in [1.54, 1.807) is 0 Å². The molecule has 0 bridgehead atoms. The molecular weight excluding hydrogens is 613 g/mol. The molecule has 0 N–H and O–H groups in total. The molecule has 8 aromatic carbocycles. The van der Waals surface area contributed by atoms with Crippen molar-refractivity contribution in [2.75, 3.05) is 4.90 Å². The van der Waals surface area contributed by atoms with E-state index in [-0.39, 0.29) is 0 Å². The summed E-state index contributed by atoms with van der Waals surface area (Å²) < 4.78 is 5.08. The van der Waals surface area contributed by atoms with E-state index in [1.165, 1.54) is 63.9 Å². The molecule has 10 rings (SSSR count). The van der Waals surface area contributed by atoms with Gasteiger partial charge in [-0.2, -0.15) is 0 Å². The van der Waals surface area contributed by atoms with Gasteiger partial charge in [-0.25, -0.2) is 0 Å². The molecule has 0 unspecified atom stereocenters. The average molecular weight is 643 g/mol. The third-order valence-corrected chi connectivity index (χ3v) is 10.9. The number of rotatable bonds is 5. The Kier molecular flexibility index (Phi) is 6.39. The molecule has 10 aromatic rings. The number of benzene rings is 8. The molecule has 0 saturated carbocycles. The van der Waals surface area contributed by atoms with E-state index >= 15 is 0 Å². The van der Waals surface area contributed by atoms with Crippen molar-refractivity contribution in [3.8, 4) is 16.8 Å². The number of hydrogen-bond acceptors (Lipinski definition) is 2. The largest absolute Gasteiger partial charge is 0.310 e. The fourth-order valence-corrected chi connectivity index (χ4v) is 8.67. The van der Waals surface area contributed by atoms with Gasteiger partial charge in [0.15, 0.2) is 0 Å². The lowest BCUT2D eigenvalue weighted by Crippen LogP contribution is -2.09. The summed E-state index contributed by atoms with van der Waals surface area (Å²) in [5.74, 6) is 0. The van der Waals surface area contributed by atoms with Gasteiger partial charge in [-0.1, -0.05) is 109 Å². The highest BCUT2D eigenvalue weighted by atomic mass is 32.1. The maximum atomic E-state index is 2.46. The minimum atomic E-state index is 1.12. The van der Waals surface area contributed by atoms with E-state index in [0.29, 0.717) is 0 Å². The summed E-state index contributed by atoms with van der Waals surface area (Å²) in [6.45, 7) is 0. The highest BCUT2D eigenvalue weighted by molar-refractivity contribution is 7.25. The first-order valence-corrected chi connectivity index (χ1v) is 17.5. The standard InChI is InChI=1S/C46H30N2S/c1-4-14-31(15-5-1)39-28-32-16-10-11-21-37(32)46-45(39)41-30-35(24-26-42(41)48(46)34-19-8-3-9-20-34)47(33-17-6-2-7-18-33)36-25-27-44-40(29-36)38-22-12-13-23-43(38)49-44/h1-30H. The Morgan fingerprint density at radius 3 is 1.84 bits per heavy atom. The van der Waals surface area contributed by atoms with Gasteiger partial charge in [-0.3, -0.25) is 0 Å². The van der Waals surface area contributed by atoms with Crippen LogP contribution in [0.3, 0.4) is 0 Å². The van der Waals surface area contributed by atoms with Gasteiger partial charge in [0.05, 0.1) is 11.0 Å². The van der Waals surface area contributed by atoms with Gasteiger partial charge in [-0.05, 0) is 89.3 Å². The Morgan fingerprint density at radius 2 is 1.04 bits per heavy atom. The quantitative estimate of drug-likeness (QED) is 0.181. The van der Waals surface area contributed by atoms with Crippen LogP contribution < -0.4 is 4.90 Å². The van der Waals surface area contributed by atoms with Gasteiger partial charge in [0.1, 0.15) is 0 Å². The number of para-hydroxylation sites is 2. The molecule has 0 atom stereocenters. The summed E-state index contributed by atoms with van der Waals surface area (Å²) in [5.41, 5.74) is 9.41. The van der Waals surface area contributed by atoms with Crippen molar-refractivity contribution in [2.24, 2.45) is 0 Å². The number of nitrogens with zero attached hydrogens (tertiary/aromatic N) is 2. The summed E-state index contributed by atoms with van der Waals surface area (Å²) >= 11 is 1.86. The molecule has 230 valence electrons. The Labute approximate surface area is 288 Å². The molecule has 3 heteroatoms. The maximum Gasteiger partial charge on any atom is 0.0625 e. The van der Waals surface area contributed by atoms with Gasteiger partial charge in [0.2, 0.25) is 0 Å². The summed E-state index contributed by atoms with van der Waals surface area (Å²) in [6.07, 6.45) is 0. The Morgan fingerprint density at radius 1 is 0.429 bits per heavy atom. The van der Waals surface area contributed by atoms with E-state index in [1.807, 2.05) is 11.3 Å². The Hall–Kier alpha value is -6.16. The zero-order chi connectivity index (χ0) is 32.3. The van der Waals surface area contributed by atoms with Crippen LogP contribution >= 0.6 is 11.3 Å². The summed E-state index contributed by atoms with van der Waals surface area (Å²) in [4.78, 5) is 2.40. The van der Waals surface area contributed by atoms with Crippen LogP contribution in [0.5, 0.6) is 0 Å². The first kappa shape index (κ1) is 27.9. The van der Waals surface area contributed by atoms with Crippen LogP contribution in [-0.4, -0.2) is 4.57 Å². The molecule has 49 heavy (non-hydrogen) atoms. The van der Waals surface area contributed by atoms with Crippen LogP contribution in [0.25, 0.3) is 69.6 Å². The first-order chi connectivity index (χ1) is 24.3. The summed E-state index contributed by atoms with van der Waals surface area (Å²) in [5, 5.41) is 7.56. The SMILES string of the molecule is c1ccc(-c2cc3ccccc3c3c2c2cc(N(c4ccccc4)c4ccc5sc6ccccc6c5c4)ccc2n3-c2ccccc2)cc1. The minimum Gasteiger partial charge on any atom is -0.310 e. The van der Waals surface area contributed by atoms with Crippen molar-refractivity contribution in [1.82, 2.24) is 4.57 Å². The second-order valence-electron chi connectivity index (χ2n) is 12.6. The number of fused-ring (bicyclic) bond motifs is 8. The molecule has 0 fully saturated rings. The van der Waals surface area contributed by atoms with Crippen molar-refractivity contribution in [1.29, 1.82) is 0 Å². The fraction of sp³-hybridized carbons (Fsp3) is 0. The van der Waals surface area contributed by atoms with Crippen LogP contribution in [0.4, 0.5) is 17.1 Å². The van der Waals surface area contributed by atoms with Crippen molar-refractivity contribution in [2.45, 2.75) is 0 Å². The van der Waals surface area contributed by atoms with E-state index in [4.69, 9.17) is 0 Å². The molecule has 0 aliphatic heterocycles. The lowest BCUT2D eigenvalue weighted by atomic mass is 9.95. The molecular formula is C46H30N2S. The smallest absolute Gasteiger partial charge is 0.0625 e. The average Bonchev–Trinajstić information content (AvgIpc) is 3.72. The molecule has 0 saturated heterocycles. The number of aromatic nitrogens is 1. The molecule has 0 aliphatic carbocycles. The highest BCUT2D eigenvalue weighted by Gasteiger charge is 2.22. The lowest BCUT2D eigenvalue weighted by molar-refractivity contribution is 1.18. The van der Waals surface area contributed by atoms with Gasteiger partial charge >= 0.3 is 0 Å². The molecule has 0 aliphatic rings. The zero-order valence-corrected chi connectivity index (χ0v) is 27.4. The summed E-state index contributed by atoms with van der Waals surface area (Å²) in [7, 11) is 0. The Balaban J connectivity index is 1.31. The predicted molar refractivity (Wildman–Crippen MR) is 211 cm³/mol. The third kappa shape index (κ3) is 4.47. The molecule has 0 radical (unpaired) electrons. The van der Waals surface area contributed by atoms with E-state index in [0.717, 1.165) is 22.7 Å². The molecule has 2 aromatic heterocycles. The van der Waals surface area contributed by atoms with Crippen LogP contribution in [0.15, 0.2) is 182 Å². The maximum absolute atomic E-state index is 2.46. The number of thiophene rings is 1. The monoisotopic (exact) mass is 642 g/mol. The van der Waals surface area contributed by atoms with Crippen molar-refractivity contribution < 1.29 is 0 Å². The molecule has 0 amide bonds. The van der Waals surface area contributed by atoms with Gasteiger partial charge in [0.25, 0.3) is 0 Å². The van der Waals surface area contributed by atoms with E-state index < -0.39 is 0 Å². The second kappa shape index (κ2) is 11.2. The van der Waals surface area contributed by atoms with Crippen LogP contribution in [0.2, 0.25) is 0 Å². The highest BCUT2D eigenvalue weighted by Crippen LogP contribution is 2.46. The van der Waals surface area contributed by atoms with Crippen LogP contribution in [-0.2, 0) is 0 Å². The lowest BCUT2D eigenvalue weighted by Gasteiger charge is -2.26. The van der Waals surface area contributed by atoms with Crippen molar-refractivity contribution in [3.05, 3.63) is 182 Å². The second-order valence-corrected chi connectivity index (χ2v) is 13.6. The predicted octanol–water partition coefficient (Wildman–Crippen LogP) is 13.4. The first-order valence-electron chi connectivity index (χ1n) is 16.7. The van der Waals surface area contributed by atoms with Gasteiger partial charge < -0.3 is 9.47 Å². The normalized spacial score (nSPS) is 11.7. The third-order valence-electron chi connectivity index (χ3n) is 9.73. The summed E-state index contributed by atoms with van der Waals surface area (Å²) in [6, 6.07) is 66.2. The van der Waals surface area contributed by atoms with Gasteiger partial charge in [-0.15, -0.1) is 11.3 Å². The number of hydrogen-bond donors (Lipinski definition) is 0. The fourth-order valence-electron chi connectivity index (χ4n) is 7.58. The minimum absolute atomic E-state index is 1.12. The molecule has 2 heterocycles. The number of anilines is 3. The molecule has 0 spiro atoms. The van der Waals surface area contributed by atoms with Crippen molar-refractivity contribution >= 4 is 81.1 Å². The molecule has 2 nitrogen and oxygen atoms in total. The van der Waals surface area contributed by atoms with Crippen LogP contribution in [0, 0.1) is 0 Å². The zero-order valence-electron chi connectivity index (χ0n) is 26.6. The van der Waals surface area contributed by atoms with Gasteiger partial charge in [0, 0.05) is 59.1 Å². The van der Waals surface area contributed by atoms with E-state index in [2.05, 4.69) is 191 Å².